The van der Waals surface area contributed by atoms with E-state index in [0.717, 1.165) is 15.8 Å². The summed E-state index contributed by atoms with van der Waals surface area (Å²) in [6.07, 6.45) is 5.03. The first-order valence-electron chi connectivity index (χ1n) is 10.1. The maximum atomic E-state index is 13.6. The van der Waals surface area contributed by atoms with E-state index in [1.165, 1.54) is 23.4 Å². The summed E-state index contributed by atoms with van der Waals surface area (Å²) < 4.78 is 13.8. The lowest BCUT2D eigenvalue weighted by atomic mass is 10.3. The number of benzene rings is 1. The van der Waals surface area contributed by atoms with E-state index in [0.29, 0.717) is 29.3 Å². The molecule has 0 aliphatic carbocycles. The van der Waals surface area contributed by atoms with Gasteiger partial charge in [-0.05, 0) is 31.2 Å². The molecule has 11 heteroatoms. The van der Waals surface area contributed by atoms with E-state index in [1.807, 2.05) is 38.4 Å². The van der Waals surface area contributed by atoms with Gasteiger partial charge in [-0.2, -0.15) is 10.1 Å². The van der Waals surface area contributed by atoms with Gasteiger partial charge in [-0.15, -0.1) is 0 Å². The highest BCUT2D eigenvalue weighted by Gasteiger charge is 2.17. The first kappa shape index (κ1) is 20.9. The van der Waals surface area contributed by atoms with E-state index in [2.05, 4.69) is 25.0 Å². The standard InChI is InChI=1S/C22H19N7O3S/c1-4-32-22-24-11-17-19(26-22)29(14-5-8-18(31-3)23-10-14)21(30)20(25-17)33-15-6-7-16-13(9-15)12-28(2)27-16/h5-12H,4H2,1-3H3. The molecule has 0 radical (unpaired) electrons. The van der Waals surface area contributed by atoms with Crippen molar-refractivity contribution in [2.75, 3.05) is 13.7 Å². The van der Waals surface area contributed by atoms with Gasteiger partial charge in [-0.25, -0.2) is 15.0 Å². The first-order valence-corrected chi connectivity index (χ1v) is 10.9. The average molecular weight is 462 g/mol. The van der Waals surface area contributed by atoms with Gasteiger partial charge >= 0.3 is 6.01 Å². The highest BCUT2D eigenvalue weighted by Crippen LogP contribution is 2.28. The zero-order valence-electron chi connectivity index (χ0n) is 18.1. The van der Waals surface area contributed by atoms with Crippen molar-refractivity contribution in [3.05, 3.63) is 59.3 Å². The van der Waals surface area contributed by atoms with Crippen molar-refractivity contribution in [3.8, 4) is 17.6 Å². The fourth-order valence-corrected chi connectivity index (χ4v) is 4.24. The van der Waals surface area contributed by atoms with Crippen LogP contribution in [0.2, 0.25) is 0 Å². The number of pyridine rings is 1. The molecule has 0 fully saturated rings. The van der Waals surface area contributed by atoms with Crippen LogP contribution in [0.3, 0.4) is 0 Å². The van der Waals surface area contributed by atoms with E-state index in [4.69, 9.17) is 9.47 Å². The SMILES string of the molecule is CCOc1ncc2nc(Sc3ccc4nn(C)cc4c3)c(=O)n(-c3ccc(OC)nc3)c2n1. The predicted molar refractivity (Wildman–Crippen MR) is 123 cm³/mol. The Kier molecular flexibility index (Phi) is 5.38. The minimum atomic E-state index is -0.327. The maximum Gasteiger partial charge on any atom is 0.318 e. The normalized spacial score (nSPS) is 11.2. The molecule has 4 aromatic heterocycles. The van der Waals surface area contributed by atoms with Crippen LogP contribution >= 0.6 is 11.8 Å². The summed E-state index contributed by atoms with van der Waals surface area (Å²) in [5.74, 6) is 0.439. The van der Waals surface area contributed by atoms with Crippen molar-refractivity contribution in [1.29, 1.82) is 0 Å². The van der Waals surface area contributed by atoms with Crippen LogP contribution in [0.1, 0.15) is 6.92 Å². The van der Waals surface area contributed by atoms with Gasteiger partial charge in [0.1, 0.15) is 5.52 Å². The largest absolute Gasteiger partial charge is 0.481 e. The van der Waals surface area contributed by atoms with Crippen LogP contribution in [0.4, 0.5) is 0 Å². The van der Waals surface area contributed by atoms with Crippen molar-refractivity contribution < 1.29 is 9.47 Å². The van der Waals surface area contributed by atoms with Crippen molar-refractivity contribution in [2.45, 2.75) is 16.8 Å². The quantitative estimate of drug-likeness (QED) is 0.377. The number of rotatable bonds is 6. The molecule has 0 saturated carbocycles. The van der Waals surface area contributed by atoms with Crippen molar-refractivity contribution in [2.24, 2.45) is 7.05 Å². The number of aromatic nitrogens is 7. The molecule has 0 aliphatic heterocycles. The molecule has 0 atom stereocenters. The Morgan fingerprint density at radius 2 is 1.94 bits per heavy atom. The van der Waals surface area contributed by atoms with Gasteiger partial charge in [0.25, 0.3) is 5.56 Å². The van der Waals surface area contributed by atoms with Crippen LogP contribution < -0.4 is 15.0 Å². The first-order chi connectivity index (χ1) is 16.1. The second-order valence-electron chi connectivity index (χ2n) is 7.04. The summed E-state index contributed by atoms with van der Waals surface area (Å²) in [7, 11) is 3.40. The molecule has 1 aromatic carbocycles. The number of hydrogen-bond donors (Lipinski definition) is 0. The third-order valence-electron chi connectivity index (χ3n) is 4.81. The Morgan fingerprint density at radius 1 is 1.06 bits per heavy atom. The van der Waals surface area contributed by atoms with Gasteiger partial charge in [-0.3, -0.25) is 14.0 Å². The second kappa shape index (κ2) is 8.51. The van der Waals surface area contributed by atoms with E-state index in [9.17, 15) is 4.79 Å². The highest BCUT2D eigenvalue weighted by atomic mass is 32.2. The van der Waals surface area contributed by atoms with Crippen LogP contribution in [0.5, 0.6) is 11.9 Å². The van der Waals surface area contributed by atoms with Gasteiger partial charge < -0.3 is 9.47 Å². The number of aryl methyl sites for hydroxylation is 1. The van der Waals surface area contributed by atoms with Crippen LogP contribution in [-0.2, 0) is 7.05 Å². The number of ether oxygens (including phenoxy) is 2. The highest BCUT2D eigenvalue weighted by molar-refractivity contribution is 7.99. The van der Waals surface area contributed by atoms with Crippen LogP contribution in [0.25, 0.3) is 27.8 Å². The van der Waals surface area contributed by atoms with Crippen molar-refractivity contribution in [3.63, 3.8) is 0 Å². The Bertz CT molecular complexity index is 1530. The number of methoxy groups -OCH3 is 1. The Hall–Kier alpha value is -3.99. The molecule has 166 valence electrons. The summed E-state index contributed by atoms with van der Waals surface area (Å²) in [6, 6.07) is 9.41. The minimum Gasteiger partial charge on any atom is -0.481 e. The Labute approximate surface area is 192 Å². The van der Waals surface area contributed by atoms with E-state index in [-0.39, 0.29) is 16.6 Å². The lowest BCUT2D eigenvalue weighted by molar-refractivity contribution is 0.313. The molecule has 0 N–H and O–H groups in total. The Balaban J connectivity index is 1.67. The van der Waals surface area contributed by atoms with E-state index >= 15 is 0 Å². The molecule has 0 bridgehead atoms. The summed E-state index contributed by atoms with van der Waals surface area (Å²) in [5, 5.41) is 5.66. The van der Waals surface area contributed by atoms with Crippen LogP contribution in [0, 0.1) is 0 Å². The van der Waals surface area contributed by atoms with Gasteiger partial charge in [0, 0.05) is 29.6 Å². The lowest BCUT2D eigenvalue weighted by Crippen LogP contribution is -2.23. The van der Waals surface area contributed by atoms with Crippen LogP contribution in [0.15, 0.2) is 63.6 Å². The molecule has 33 heavy (non-hydrogen) atoms. The minimum absolute atomic E-state index is 0.170. The summed E-state index contributed by atoms with van der Waals surface area (Å²) >= 11 is 1.27. The molecular formula is C22H19N7O3S. The molecule has 0 amide bonds. The molecular weight excluding hydrogens is 442 g/mol. The lowest BCUT2D eigenvalue weighted by Gasteiger charge is -2.12. The van der Waals surface area contributed by atoms with E-state index < -0.39 is 0 Å². The second-order valence-corrected chi connectivity index (χ2v) is 8.10. The topological polar surface area (TPSA) is 110 Å². The summed E-state index contributed by atoms with van der Waals surface area (Å²) in [6.45, 7) is 2.24. The maximum absolute atomic E-state index is 13.6. The fraction of sp³-hybridized carbons (Fsp3) is 0.182. The van der Waals surface area contributed by atoms with Crippen molar-refractivity contribution >= 4 is 33.8 Å². The molecule has 5 rings (SSSR count). The molecule has 0 saturated heterocycles. The van der Waals surface area contributed by atoms with Crippen LogP contribution in [-0.4, -0.2) is 48.0 Å². The van der Waals surface area contributed by atoms with Gasteiger partial charge in [0.05, 0.1) is 37.3 Å². The molecule has 0 unspecified atom stereocenters. The number of fused-ring (bicyclic) bond motifs is 2. The monoisotopic (exact) mass is 461 g/mol. The number of hydrogen-bond acceptors (Lipinski definition) is 9. The molecule has 0 aliphatic rings. The third kappa shape index (κ3) is 3.98. The third-order valence-corrected chi connectivity index (χ3v) is 5.76. The summed E-state index contributed by atoms with van der Waals surface area (Å²) in [5.41, 5.74) is 1.87. The van der Waals surface area contributed by atoms with Gasteiger partial charge in [0.15, 0.2) is 10.7 Å². The Morgan fingerprint density at radius 3 is 2.70 bits per heavy atom. The number of nitrogens with zero attached hydrogens (tertiary/aromatic N) is 7. The average Bonchev–Trinajstić information content (AvgIpc) is 3.19. The predicted octanol–water partition coefficient (Wildman–Crippen LogP) is 3.02. The van der Waals surface area contributed by atoms with Gasteiger partial charge in [-0.1, -0.05) is 11.8 Å². The fourth-order valence-electron chi connectivity index (χ4n) is 3.38. The van der Waals surface area contributed by atoms with E-state index in [1.54, 1.807) is 29.2 Å². The van der Waals surface area contributed by atoms with Crippen molar-refractivity contribution in [1.82, 2.24) is 34.3 Å². The zero-order chi connectivity index (χ0) is 22.9. The molecule has 10 nitrogen and oxygen atoms in total. The van der Waals surface area contributed by atoms with Gasteiger partial charge in [0.2, 0.25) is 5.88 Å². The molecule has 4 heterocycles. The summed E-state index contributed by atoms with van der Waals surface area (Å²) in [4.78, 5) is 31.9. The molecule has 0 spiro atoms. The zero-order valence-corrected chi connectivity index (χ0v) is 18.9. The smallest absolute Gasteiger partial charge is 0.318 e. The molecule has 5 aromatic rings.